The average Bonchev–Trinajstić information content (AvgIpc) is 2.37. The minimum atomic E-state index is -0.326. The van der Waals surface area contributed by atoms with Gasteiger partial charge in [0.15, 0.2) is 6.29 Å². The van der Waals surface area contributed by atoms with Crippen molar-refractivity contribution in [1.82, 2.24) is 0 Å². The third-order valence-electron chi connectivity index (χ3n) is 2.81. The Bertz CT molecular complexity index is 340. The van der Waals surface area contributed by atoms with Gasteiger partial charge in [-0.25, -0.2) is 4.39 Å². The van der Waals surface area contributed by atoms with Gasteiger partial charge in [0.2, 0.25) is 0 Å². The summed E-state index contributed by atoms with van der Waals surface area (Å²) in [4.78, 5) is 0. The quantitative estimate of drug-likeness (QED) is 0.726. The molecule has 0 saturated carbocycles. The minimum absolute atomic E-state index is 0.0886. The van der Waals surface area contributed by atoms with Crippen LogP contribution in [0.15, 0.2) is 24.3 Å². The van der Waals surface area contributed by atoms with E-state index in [0.717, 1.165) is 0 Å². The molecule has 3 nitrogen and oxygen atoms in total. The van der Waals surface area contributed by atoms with Crippen LogP contribution < -0.4 is 5.73 Å². The van der Waals surface area contributed by atoms with Crippen LogP contribution in [0.25, 0.3) is 0 Å². The van der Waals surface area contributed by atoms with Crippen molar-refractivity contribution in [2.24, 2.45) is 5.73 Å². The first-order valence-electron chi connectivity index (χ1n) is 6.40. The molecule has 0 aromatic heterocycles. The van der Waals surface area contributed by atoms with Crippen molar-refractivity contribution in [3.63, 3.8) is 0 Å². The highest BCUT2D eigenvalue weighted by Gasteiger charge is 2.19. The first kappa shape index (κ1) is 15.1. The topological polar surface area (TPSA) is 44.5 Å². The zero-order valence-corrected chi connectivity index (χ0v) is 11.1. The molecule has 102 valence electrons. The van der Waals surface area contributed by atoms with E-state index in [1.165, 1.54) is 6.07 Å². The Kier molecular flexibility index (Phi) is 6.86. The van der Waals surface area contributed by atoms with Gasteiger partial charge >= 0.3 is 0 Å². The van der Waals surface area contributed by atoms with E-state index in [1.807, 2.05) is 19.9 Å². The normalized spacial score (nSPS) is 12.9. The number of halogens is 1. The molecule has 0 aliphatic carbocycles. The van der Waals surface area contributed by atoms with E-state index in [4.69, 9.17) is 15.2 Å². The number of nitrogens with two attached hydrogens (primary N) is 1. The summed E-state index contributed by atoms with van der Waals surface area (Å²) in [5.74, 6) is -0.311. The summed E-state index contributed by atoms with van der Waals surface area (Å²) >= 11 is 0. The SMILES string of the molecule is CCOC(C[C@H](CN)c1ccccc1F)OCC. The third kappa shape index (κ3) is 4.37. The molecule has 1 atom stereocenters. The van der Waals surface area contributed by atoms with Crippen LogP contribution in [0.2, 0.25) is 0 Å². The van der Waals surface area contributed by atoms with Crippen molar-refractivity contribution in [3.8, 4) is 0 Å². The van der Waals surface area contributed by atoms with Gasteiger partial charge in [-0.05, 0) is 32.0 Å². The van der Waals surface area contributed by atoms with Crippen LogP contribution in [0.4, 0.5) is 4.39 Å². The molecule has 0 amide bonds. The molecule has 0 unspecified atom stereocenters. The van der Waals surface area contributed by atoms with Crippen LogP contribution in [0.1, 0.15) is 31.7 Å². The minimum Gasteiger partial charge on any atom is -0.353 e. The molecule has 0 aliphatic rings. The van der Waals surface area contributed by atoms with E-state index < -0.39 is 0 Å². The summed E-state index contributed by atoms with van der Waals surface area (Å²) in [6.45, 7) is 5.33. The smallest absolute Gasteiger partial charge is 0.158 e. The van der Waals surface area contributed by atoms with Gasteiger partial charge in [-0.3, -0.25) is 0 Å². The number of rotatable bonds is 8. The van der Waals surface area contributed by atoms with E-state index in [0.29, 0.717) is 31.7 Å². The second-order valence-electron chi connectivity index (χ2n) is 4.03. The van der Waals surface area contributed by atoms with Gasteiger partial charge in [0.1, 0.15) is 5.82 Å². The molecular formula is C14H22FNO2. The lowest BCUT2D eigenvalue weighted by atomic mass is 9.95. The van der Waals surface area contributed by atoms with Crippen molar-refractivity contribution in [2.45, 2.75) is 32.5 Å². The van der Waals surface area contributed by atoms with Crippen LogP contribution in [-0.4, -0.2) is 26.0 Å². The van der Waals surface area contributed by atoms with Crippen LogP contribution in [0, 0.1) is 5.82 Å². The summed E-state index contributed by atoms with van der Waals surface area (Å²) in [7, 11) is 0. The van der Waals surface area contributed by atoms with Crippen LogP contribution in [-0.2, 0) is 9.47 Å². The zero-order chi connectivity index (χ0) is 13.4. The van der Waals surface area contributed by atoms with E-state index in [1.54, 1.807) is 12.1 Å². The average molecular weight is 255 g/mol. The molecule has 0 aliphatic heterocycles. The Morgan fingerprint density at radius 3 is 2.28 bits per heavy atom. The maximum Gasteiger partial charge on any atom is 0.158 e. The second-order valence-corrected chi connectivity index (χ2v) is 4.03. The first-order chi connectivity index (χ1) is 8.72. The molecule has 0 bridgehead atoms. The van der Waals surface area contributed by atoms with Gasteiger partial charge < -0.3 is 15.2 Å². The fraction of sp³-hybridized carbons (Fsp3) is 0.571. The standard InChI is InChI=1S/C14H22FNO2/c1-3-17-14(18-4-2)9-11(10-16)12-7-5-6-8-13(12)15/h5-8,11,14H,3-4,9-10,16H2,1-2H3/t11-/m1/s1. The Labute approximate surface area is 108 Å². The third-order valence-corrected chi connectivity index (χ3v) is 2.81. The number of benzene rings is 1. The summed E-state index contributed by atoms with van der Waals surface area (Å²) in [6, 6.07) is 6.71. The summed E-state index contributed by atoms with van der Waals surface area (Å²) in [6.07, 6.45) is 0.243. The van der Waals surface area contributed by atoms with Gasteiger partial charge in [-0.15, -0.1) is 0 Å². The fourth-order valence-corrected chi connectivity index (χ4v) is 1.94. The van der Waals surface area contributed by atoms with Crippen molar-refractivity contribution >= 4 is 0 Å². The highest BCUT2D eigenvalue weighted by atomic mass is 19.1. The lowest BCUT2D eigenvalue weighted by Crippen LogP contribution is -2.24. The molecular weight excluding hydrogens is 233 g/mol. The Balaban J connectivity index is 2.73. The fourth-order valence-electron chi connectivity index (χ4n) is 1.94. The molecule has 0 radical (unpaired) electrons. The van der Waals surface area contributed by atoms with Gasteiger partial charge in [0.25, 0.3) is 0 Å². The highest BCUT2D eigenvalue weighted by Crippen LogP contribution is 2.24. The summed E-state index contributed by atoms with van der Waals surface area (Å²) in [5.41, 5.74) is 6.37. The van der Waals surface area contributed by atoms with Gasteiger partial charge in [-0.2, -0.15) is 0 Å². The largest absolute Gasteiger partial charge is 0.353 e. The zero-order valence-electron chi connectivity index (χ0n) is 11.1. The number of hydrogen-bond donors (Lipinski definition) is 1. The van der Waals surface area contributed by atoms with Crippen molar-refractivity contribution < 1.29 is 13.9 Å². The maximum atomic E-state index is 13.7. The summed E-state index contributed by atoms with van der Waals surface area (Å²) < 4.78 is 24.7. The maximum absolute atomic E-state index is 13.7. The number of ether oxygens (including phenoxy) is 2. The second kappa shape index (κ2) is 8.19. The molecule has 0 heterocycles. The molecule has 1 aromatic carbocycles. The lowest BCUT2D eigenvalue weighted by molar-refractivity contribution is -0.142. The van der Waals surface area contributed by atoms with Crippen LogP contribution in [0.3, 0.4) is 0 Å². The molecule has 18 heavy (non-hydrogen) atoms. The Hall–Kier alpha value is -0.970. The van der Waals surface area contributed by atoms with Gasteiger partial charge in [0, 0.05) is 25.6 Å². The number of hydrogen-bond acceptors (Lipinski definition) is 3. The molecule has 0 saturated heterocycles. The van der Waals surface area contributed by atoms with E-state index in [2.05, 4.69) is 0 Å². The van der Waals surface area contributed by atoms with Crippen molar-refractivity contribution in [3.05, 3.63) is 35.6 Å². The van der Waals surface area contributed by atoms with E-state index in [-0.39, 0.29) is 18.0 Å². The molecule has 1 aromatic rings. The molecule has 4 heteroatoms. The molecule has 1 rings (SSSR count). The van der Waals surface area contributed by atoms with Crippen molar-refractivity contribution in [1.29, 1.82) is 0 Å². The lowest BCUT2D eigenvalue weighted by Gasteiger charge is -2.23. The summed E-state index contributed by atoms with van der Waals surface area (Å²) in [5, 5.41) is 0. The molecule has 2 N–H and O–H groups in total. The monoisotopic (exact) mass is 255 g/mol. The van der Waals surface area contributed by atoms with Gasteiger partial charge in [0.05, 0.1) is 0 Å². The molecule has 0 spiro atoms. The van der Waals surface area contributed by atoms with Crippen LogP contribution >= 0.6 is 0 Å². The predicted octanol–water partition coefficient (Wildman–Crippen LogP) is 2.66. The van der Waals surface area contributed by atoms with Crippen molar-refractivity contribution in [2.75, 3.05) is 19.8 Å². The Morgan fingerprint density at radius 2 is 1.78 bits per heavy atom. The van der Waals surface area contributed by atoms with Gasteiger partial charge in [-0.1, -0.05) is 18.2 Å². The highest BCUT2D eigenvalue weighted by molar-refractivity contribution is 5.22. The van der Waals surface area contributed by atoms with E-state index in [9.17, 15) is 4.39 Å². The van der Waals surface area contributed by atoms with Crippen LogP contribution in [0.5, 0.6) is 0 Å². The molecule has 0 fully saturated rings. The first-order valence-corrected chi connectivity index (χ1v) is 6.40. The van der Waals surface area contributed by atoms with E-state index >= 15 is 0 Å². The Morgan fingerprint density at radius 1 is 1.17 bits per heavy atom. The predicted molar refractivity (Wildman–Crippen MR) is 69.9 cm³/mol.